The summed E-state index contributed by atoms with van der Waals surface area (Å²) in [4.78, 5) is 15.1. The highest BCUT2D eigenvalue weighted by Gasteiger charge is 2.40. The minimum Gasteiger partial charge on any atom is -0.497 e. The number of methoxy groups -OCH3 is 2. The van der Waals surface area contributed by atoms with Crippen molar-refractivity contribution in [2.45, 2.75) is 57.2 Å². The van der Waals surface area contributed by atoms with Crippen LogP contribution in [0.15, 0.2) is 18.2 Å². The molecule has 1 aliphatic carbocycles. The van der Waals surface area contributed by atoms with Crippen molar-refractivity contribution in [2.75, 3.05) is 20.8 Å². The van der Waals surface area contributed by atoms with Crippen LogP contribution in [0, 0.1) is 0 Å². The van der Waals surface area contributed by atoms with Crippen molar-refractivity contribution in [1.29, 1.82) is 0 Å². The highest BCUT2D eigenvalue weighted by Crippen LogP contribution is 2.38. The van der Waals surface area contributed by atoms with Gasteiger partial charge >= 0.3 is 0 Å². The zero-order valence-corrected chi connectivity index (χ0v) is 14.8. The SMILES string of the molecule is COc1cc(OC)cc(C(C)N(C(=O)[C@H]2CCCCO2)C2CC2)c1. The number of carbonyl (C=O) groups excluding carboxylic acids is 1. The molecule has 1 unspecified atom stereocenters. The highest BCUT2D eigenvalue weighted by molar-refractivity contribution is 5.82. The van der Waals surface area contributed by atoms with Crippen molar-refractivity contribution < 1.29 is 19.0 Å². The smallest absolute Gasteiger partial charge is 0.252 e. The van der Waals surface area contributed by atoms with Gasteiger partial charge in [-0.05, 0) is 56.7 Å². The minimum absolute atomic E-state index is 0.0282. The number of rotatable bonds is 6. The summed E-state index contributed by atoms with van der Waals surface area (Å²) in [5.74, 6) is 1.62. The van der Waals surface area contributed by atoms with E-state index < -0.39 is 0 Å². The molecule has 5 nitrogen and oxygen atoms in total. The molecule has 2 aliphatic rings. The summed E-state index contributed by atoms with van der Waals surface area (Å²) in [6, 6.07) is 6.12. The predicted molar refractivity (Wildman–Crippen MR) is 91.4 cm³/mol. The maximum atomic E-state index is 13.0. The Bertz CT molecular complexity index is 556. The molecule has 24 heavy (non-hydrogen) atoms. The van der Waals surface area contributed by atoms with Gasteiger partial charge in [0.2, 0.25) is 0 Å². The van der Waals surface area contributed by atoms with Gasteiger partial charge in [-0.2, -0.15) is 0 Å². The predicted octanol–water partition coefficient (Wildman–Crippen LogP) is 3.32. The number of amides is 1. The van der Waals surface area contributed by atoms with Crippen LogP contribution >= 0.6 is 0 Å². The topological polar surface area (TPSA) is 48.0 Å². The number of hydrogen-bond donors (Lipinski definition) is 0. The van der Waals surface area contributed by atoms with Crippen LogP contribution < -0.4 is 9.47 Å². The van der Waals surface area contributed by atoms with E-state index in [0.29, 0.717) is 12.6 Å². The van der Waals surface area contributed by atoms with Gasteiger partial charge in [0.1, 0.15) is 17.6 Å². The number of carbonyl (C=O) groups is 1. The van der Waals surface area contributed by atoms with Crippen molar-refractivity contribution in [3.63, 3.8) is 0 Å². The Balaban J connectivity index is 1.84. The van der Waals surface area contributed by atoms with Crippen LogP contribution in [-0.4, -0.2) is 43.8 Å². The summed E-state index contributed by atoms with van der Waals surface area (Å²) in [7, 11) is 3.28. The Kier molecular flexibility index (Phi) is 5.29. The summed E-state index contributed by atoms with van der Waals surface area (Å²) < 4.78 is 16.5. The molecule has 1 aromatic carbocycles. The average Bonchev–Trinajstić information content (AvgIpc) is 3.46. The second-order valence-electron chi connectivity index (χ2n) is 6.65. The van der Waals surface area contributed by atoms with E-state index in [1.165, 1.54) is 0 Å². The zero-order chi connectivity index (χ0) is 17.1. The molecule has 1 heterocycles. The Morgan fingerprint density at radius 1 is 1.12 bits per heavy atom. The fourth-order valence-corrected chi connectivity index (χ4v) is 3.37. The van der Waals surface area contributed by atoms with Crippen molar-refractivity contribution >= 4 is 5.91 Å². The van der Waals surface area contributed by atoms with E-state index in [1.807, 2.05) is 23.1 Å². The first-order valence-corrected chi connectivity index (χ1v) is 8.80. The Hall–Kier alpha value is -1.75. The van der Waals surface area contributed by atoms with Gasteiger partial charge in [-0.1, -0.05) is 0 Å². The first kappa shape index (κ1) is 17.1. The molecule has 1 aliphatic heterocycles. The molecule has 132 valence electrons. The third-order valence-corrected chi connectivity index (χ3v) is 4.92. The van der Waals surface area contributed by atoms with Gasteiger partial charge in [0.15, 0.2) is 0 Å². The Morgan fingerprint density at radius 2 is 1.79 bits per heavy atom. The van der Waals surface area contributed by atoms with Crippen LogP contribution in [0.3, 0.4) is 0 Å². The lowest BCUT2D eigenvalue weighted by Gasteiger charge is -2.34. The maximum absolute atomic E-state index is 13.0. The van der Waals surface area contributed by atoms with E-state index in [4.69, 9.17) is 14.2 Å². The van der Waals surface area contributed by atoms with E-state index in [0.717, 1.165) is 49.2 Å². The fraction of sp³-hybridized carbons (Fsp3) is 0.632. The normalized spacial score (nSPS) is 21.9. The number of nitrogens with zero attached hydrogens (tertiary/aromatic N) is 1. The monoisotopic (exact) mass is 333 g/mol. The molecule has 0 bridgehead atoms. The zero-order valence-electron chi connectivity index (χ0n) is 14.8. The molecule has 3 rings (SSSR count). The fourth-order valence-electron chi connectivity index (χ4n) is 3.37. The van der Waals surface area contributed by atoms with E-state index in [-0.39, 0.29) is 18.1 Å². The lowest BCUT2D eigenvalue weighted by molar-refractivity contribution is -0.149. The number of ether oxygens (including phenoxy) is 3. The van der Waals surface area contributed by atoms with Gasteiger partial charge in [-0.3, -0.25) is 4.79 Å². The second kappa shape index (κ2) is 7.43. The molecule has 0 N–H and O–H groups in total. The molecule has 2 fully saturated rings. The first-order valence-electron chi connectivity index (χ1n) is 8.80. The van der Waals surface area contributed by atoms with Gasteiger partial charge in [0, 0.05) is 18.7 Å². The summed E-state index contributed by atoms with van der Waals surface area (Å²) in [5, 5.41) is 0. The Labute approximate surface area is 143 Å². The molecule has 1 saturated carbocycles. The van der Waals surface area contributed by atoms with Gasteiger partial charge in [-0.15, -0.1) is 0 Å². The number of hydrogen-bond acceptors (Lipinski definition) is 4. The van der Waals surface area contributed by atoms with Crippen LogP contribution in [0.4, 0.5) is 0 Å². The molecule has 1 amide bonds. The van der Waals surface area contributed by atoms with E-state index >= 15 is 0 Å². The lowest BCUT2D eigenvalue weighted by Crippen LogP contribution is -2.44. The van der Waals surface area contributed by atoms with Gasteiger partial charge in [0.25, 0.3) is 5.91 Å². The van der Waals surface area contributed by atoms with Crippen molar-refractivity contribution in [3.8, 4) is 11.5 Å². The number of benzene rings is 1. The molecule has 0 radical (unpaired) electrons. The summed E-state index contributed by atoms with van der Waals surface area (Å²) >= 11 is 0. The molecule has 0 spiro atoms. The molecule has 1 saturated heterocycles. The molecular formula is C19H27NO4. The summed E-state index contributed by atoms with van der Waals surface area (Å²) in [5.41, 5.74) is 1.03. The van der Waals surface area contributed by atoms with Crippen molar-refractivity contribution in [3.05, 3.63) is 23.8 Å². The first-order chi connectivity index (χ1) is 11.6. The van der Waals surface area contributed by atoms with Gasteiger partial charge in [0.05, 0.1) is 20.3 Å². The van der Waals surface area contributed by atoms with Gasteiger partial charge < -0.3 is 19.1 Å². The van der Waals surface area contributed by atoms with Crippen molar-refractivity contribution in [1.82, 2.24) is 4.90 Å². The standard InChI is InChI=1S/C19H27NO4/c1-13(14-10-16(22-2)12-17(11-14)23-3)20(15-7-8-15)19(21)18-6-4-5-9-24-18/h10-13,15,18H,4-9H2,1-3H3/t13?,18-/m1/s1. The molecule has 5 heteroatoms. The largest absolute Gasteiger partial charge is 0.497 e. The van der Waals surface area contributed by atoms with Crippen molar-refractivity contribution in [2.24, 2.45) is 0 Å². The molecule has 2 atom stereocenters. The minimum atomic E-state index is -0.283. The Morgan fingerprint density at radius 3 is 2.29 bits per heavy atom. The summed E-state index contributed by atoms with van der Waals surface area (Å²) in [6.07, 6.45) is 4.81. The van der Waals surface area contributed by atoms with E-state index in [1.54, 1.807) is 14.2 Å². The van der Waals surface area contributed by atoms with Crippen LogP contribution in [0.1, 0.15) is 50.6 Å². The third kappa shape index (κ3) is 3.66. The lowest BCUT2D eigenvalue weighted by atomic mass is 10.0. The van der Waals surface area contributed by atoms with E-state index in [2.05, 4.69) is 6.92 Å². The molecular weight excluding hydrogens is 306 g/mol. The van der Waals surface area contributed by atoms with Crippen LogP contribution in [0.5, 0.6) is 11.5 Å². The van der Waals surface area contributed by atoms with Crippen LogP contribution in [0.25, 0.3) is 0 Å². The molecule has 1 aromatic rings. The van der Waals surface area contributed by atoms with Gasteiger partial charge in [-0.25, -0.2) is 0 Å². The highest BCUT2D eigenvalue weighted by atomic mass is 16.5. The maximum Gasteiger partial charge on any atom is 0.252 e. The van der Waals surface area contributed by atoms with Crippen LogP contribution in [-0.2, 0) is 9.53 Å². The molecule has 0 aromatic heterocycles. The van der Waals surface area contributed by atoms with E-state index in [9.17, 15) is 4.79 Å². The third-order valence-electron chi connectivity index (χ3n) is 4.92. The van der Waals surface area contributed by atoms with Crippen LogP contribution in [0.2, 0.25) is 0 Å². The quantitative estimate of drug-likeness (QED) is 0.801. The second-order valence-corrected chi connectivity index (χ2v) is 6.65. The summed E-state index contributed by atoms with van der Waals surface area (Å²) in [6.45, 7) is 2.77. The average molecular weight is 333 g/mol.